The monoisotopic (exact) mass is 352 g/mol. The van der Waals surface area contributed by atoms with Crippen LogP contribution in [0.5, 0.6) is 0 Å². The first kappa shape index (κ1) is 16.2. The Kier molecular flexibility index (Phi) is 5.19. The van der Waals surface area contributed by atoms with Crippen molar-refractivity contribution in [3.63, 3.8) is 0 Å². The number of aryl methyl sites for hydroxylation is 2. The maximum atomic E-state index is 9.88. The normalized spacial score (nSPS) is 11.9. The molecule has 1 heterocycles. The second-order valence-electron chi connectivity index (χ2n) is 5.63. The molecule has 5 heteroatoms. The van der Waals surface area contributed by atoms with Gasteiger partial charge >= 0.3 is 0 Å². The van der Waals surface area contributed by atoms with Gasteiger partial charge in [0.15, 0.2) is 0 Å². The minimum absolute atomic E-state index is 0.0743. The molecule has 0 aliphatic heterocycles. The summed E-state index contributed by atoms with van der Waals surface area (Å²) in [6.07, 6.45) is 1.18. The Morgan fingerprint density at radius 3 is 2.24 bits per heavy atom. The molecular weight excluding hydrogens is 332 g/mol. The van der Waals surface area contributed by atoms with Gasteiger partial charge in [-0.2, -0.15) is 5.10 Å². The second-order valence-corrected chi connectivity index (χ2v) is 6.42. The highest BCUT2D eigenvalue weighted by atomic mass is 79.9. The van der Waals surface area contributed by atoms with Gasteiger partial charge in [0, 0.05) is 18.9 Å². The summed E-state index contributed by atoms with van der Waals surface area (Å²) < 4.78 is 2.76. The van der Waals surface area contributed by atoms with Crippen molar-refractivity contribution in [2.24, 2.45) is 12.5 Å². The van der Waals surface area contributed by atoms with E-state index in [1.807, 2.05) is 49.0 Å². The lowest BCUT2D eigenvalue weighted by Gasteiger charge is -2.30. The fraction of sp³-hybridized carbons (Fsp3) is 0.438. The smallest absolute Gasteiger partial charge is 0.0738 e. The lowest BCUT2D eigenvalue weighted by molar-refractivity contribution is 0.0531. The standard InChI is InChI=1S/C16H21BrN2O2/c1-12-15(17)14(19(2)18-12)9-16(10-20,11-21)8-13-6-4-3-5-7-13/h3-7,20-21H,8-11H2,1-2H3. The molecule has 1 aromatic carbocycles. The molecule has 0 bridgehead atoms. The minimum Gasteiger partial charge on any atom is -0.396 e. The average molecular weight is 353 g/mol. The van der Waals surface area contributed by atoms with Crippen molar-refractivity contribution >= 4 is 15.9 Å². The van der Waals surface area contributed by atoms with Crippen LogP contribution in [-0.2, 0) is 19.9 Å². The van der Waals surface area contributed by atoms with E-state index in [-0.39, 0.29) is 13.2 Å². The Morgan fingerprint density at radius 2 is 1.76 bits per heavy atom. The lowest BCUT2D eigenvalue weighted by atomic mass is 9.79. The topological polar surface area (TPSA) is 58.3 Å². The van der Waals surface area contributed by atoms with E-state index in [4.69, 9.17) is 0 Å². The van der Waals surface area contributed by atoms with Gasteiger partial charge in [-0.3, -0.25) is 4.68 Å². The zero-order valence-electron chi connectivity index (χ0n) is 12.4. The molecule has 0 spiro atoms. The van der Waals surface area contributed by atoms with Gasteiger partial charge in [0.2, 0.25) is 0 Å². The Labute approximate surface area is 133 Å². The summed E-state index contributed by atoms with van der Waals surface area (Å²) in [6.45, 7) is 1.79. The number of halogens is 1. The number of aromatic nitrogens is 2. The summed E-state index contributed by atoms with van der Waals surface area (Å²) in [5, 5.41) is 24.1. The summed E-state index contributed by atoms with van der Waals surface area (Å²) in [5.41, 5.74) is 2.42. The maximum Gasteiger partial charge on any atom is 0.0738 e. The van der Waals surface area contributed by atoms with Crippen molar-refractivity contribution in [2.75, 3.05) is 13.2 Å². The SMILES string of the molecule is Cc1nn(C)c(CC(CO)(CO)Cc2ccccc2)c1Br. The minimum atomic E-state index is -0.593. The van der Waals surface area contributed by atoms with Crippen LogP contribution < -0.4 is 0 Å². The lowest BCUT2D eigenvalue weighted by Crippen LogP contribution is -2.35. The Bertz CT molecular complexity index is 592. The fourth-order valence-corrected chi connectivity index (χ4v) is 3.07. The molecule has 0 aliphatic carbocycles. The number of nitrogens with zero attached hydrogens (tertiary/aromatic N) is 2. The van der Waals surface area contributed by atoms with Crippen LogP contribution in [0.3, 0.4) is 0 Å². The molecule has 2 aromatic rings. The van der Waals surface area contributed by atoms with Gasteiger partial charge < -0.3 is 10.2 Å². The van der Waals surface area contributed by atoms with Crippen LogP contribution in [0.1, 0.15) is 17.0 Å². The van der Waals surface area contributed by atoms with E-state index in [0.29, 0.717) is 12.8 Å². The molecule has 2 N–H and O–H groups in total. The molecular formula is C16H21BrN2O2. The Hall–Kier alpha value is -1.17. The zero-order chi connectivity index (χ0) is 15.5. The molecule has 0 radical (unpaired) electrons. The molecule has 0 aliphatic rings. The second kappa shape index (κ2) is 6.73. The van der Waals surface area contributed by atoms with Crippen molar-refractivity contribution in [3.8, 4) is 0 Å². The van der Waals surface area contributed by atoms with E-state index < -0.39 is 5.41 Å². The van der Waals surface area contributed by atoms with Crippen LogP contribution in [0.2, 0.25) is 0 Å². The van der Waals surface area contributed by atoms with Crippen molar-refractivity contribution < 1.29 is 10.2 Å². The number of rotatable bonds is 6. The molecule has 0 fully saturated rings. The first-order valence-electron chi connectivity index (χ1n) is 6.95. The number of benzene rings is 1. The van der Waals surface area contributed by atoms with Crippen LogP contribution in [0.4, 0.5) is 0 Å². The maximum absolute atomic E-state index is 9.88. The van der Waals surface area contributed by atoms with Crippen LogP contribution in [0.15, 0.2) is 34.8 Å². The van der Waals surface area contributed by atoms with Crippen LogP contribution >= 0.6 is 15.9 Å². The molecule has 0 saturated heterocycles. The van der Waals surface area contributed by atoms with E-state index in [1.54, 1.807) is 0 Å². The van der Waals surface area contributed by atoms with Gasteiger partial charge in [0.25, 0.3) is 0 Å². The van der Waals surface area contributed by atoms with Gasteiger partial charge in [-0.15, -0.1) is 0 Å². The average Bonchev–Trinajstić information content (AvgIpc) is 2.73. The van der Waals surface area contributed by atoms with Crippen molar-refractivity contribution in [1.29, 1.82) is 0 Å². The van der Waals surface area contributed by atoms with E-state index in [1.165, 1.54) is 0 Å². The predicted molar refractivity (Wildman–Crippen MR) is 86.1 cm³/mol. The van der Waals surface area contributed by atoms with E-state index in [9.17, 15) is 10.2 Å². The first-order chi connectivity index (χ1) is 10.0. The zero-order valence-corrected chi connectivity index (χ0v) is 14.0. The highest BCUT2D eigenvalue weighted by Gasteiger charge is 2.32. The summed E-state index contributed by atoms with van der Waals surface area (Å²) in [4.78, 5) is 0. The largest absolute Gasteiger partial charge is 0.396 e. The van der Waals surface area contributed by atoms with E-state index in [0.717, 1.165) is 21.4 Å². The summed E-state index contributed by atoms with van der Waals surface area (Å²) in [7, 11) is 1.88. The molecule has 21 heavy (non-hydrogen) atoms. The van der Waals surface area contributed by atoms with Crippen LogP contribution in [0, 0.1) is 12.3 Å². The molecule has 0 saturated carbocycles. The van der Waals surface area contributed by atoms with Crippen molar-refractivity contribution in [2.45, 2.75) is 19.8 Å². The quantitative estimate of drug-likeness (QED) is 0.838. The van der Waals surface area contributed by atoms with E-state index >= 15 is 0 Å². The highest BCUT2D eigenvalue weighted by molar-refractivity contribution is 9.10. The summed E-state index contributed by atoms with van der Waals surface area (Å²) in [6, 6.07) is 9.94. The number of aliphatic hydroxyl groups excluding tert-OH is 2. The van der Waals surface area contributed by atoms with Crippen molar-refractivity contribution in [3.05, 3.63) is 51.8 Å². The summed E-state index contributed by atoms with van der Waals surface area (Å²) >= 11 is 3.55. The third kappa shape index (κ3) is 3.54. The molecule has 1 aromatic heterocycles. The number of aliphatic hydroxyl groups is 2. The van der Waals surface area contributed by atoms with Gasteiger partial charge in [-0.05, 0) is 34.8 Å². The summed E-state index contributed by atoms with van der Waals surface area (Å²) in [5.74, 6) is 0. The fourth-order valence-electron chi connectivity index (χ4n) is 2.59. The van der Waals surface area contributed by atoms with Gasteiger partial charge in [-0.25, -0.2) is 0 Å². The molecule has 0 amide bonds. The molecule has 0 unspecified atom stereocenters. The molecule has 4 nitrogen and oxygen atoms in total. The van der Waals surface area contributed by atoms with Gasteiger partial charge in [0.1, 0.15) is 0 Å². The third-order valence-corrected chi connectivity index (χ3v) is 4.93. The first-order valence-corrected chi connectivity index (χ1v) is 7.74. The Morgan fingerprint density at radius 1 is 1.14 bits per heavy atom. The van der Waals surface area contributed by atoms with Crippen LogP contribution in [-0.4, -0.2) is 33.2 Å². The van der Waals surface area contributed by atoms with Crippen LogP contribution in [0.25, 0.3) is 0 Å². The third-order valence-electron chi connectivity index (χ3n) is 3.90. The number of hydrogen-bond donors (Lipinski definition) is 2. The molecule has 114 valence electrons. The highest BCUT2D eigenvalue weighted by Crippen LogP contribution is 2.31. The van der Waals surface area contributed by atoms with Gasteiger partial charge in [-0.1, -0.05) is 30.3 Å². The number of hydrogen-bond acceptors (Lipinski definition) is 3. The van der Waals surface area contributed by atoms with Gasteiger partial charge in [0.05, 0.1) is 29.1 Å². The Balaban J connectivity index is 2.30. The van der Waals surface area contributed by atoms with Crippen molar-refractivity contribution in [1.82, 2.24) is 9.78 Å². The molecule has 0 atom stereocenters. The molecule has 2 rings (SSSR count). The predicted octanol–water partition coefficient (Wildman–Crippen LogP) is 2.25. The van der Waals surface area contributed by atoms with E-state index in [2.05, 4.69) is 21.0 Å².